The molecule has 0 aliphatic rings. The molecule has 1 aromatic rings. The van der Waals surface area contributed by atoms with Crippen molar-refractivity contribution in [2.45, 2.75) is 58.0 Å². The Balaban J connectivity index is 2.23. The molecule has 0 saturated heterocycles. The summed E-state index contributed by atoms with van der Waals surface area (Å²) in [5.74, 6) is -0.874. The Morgan fingerprint density at radius 1 is 1.22 bits per heavy atom. The van der Waals surface area contributed by atoms with Crippen molar-refractivity contribution < 1.29 is 19.4 Å². The summed E-state index contributed by atoms with van der Waals surface area (Å²) >= 11 is 0. The van der Waals surface area contributed by atoms with Crippen LogP contribution in [0.25, 0.3) is 0 Å². The van der Waals surface area contributed by atoms with E-state index in [0.717, 1.165) is 12.8 Å². The van der Waals surface area contributed by atoms with Crippen molar-refractivity contribution >= 4 is 5.97 Å². The molecular formula is C14H22O4. The summed E-state index contributed by atoms with van der Waals surface area (Å²) in [4.78, 5) is 10.6. The minimum atomic E-state index is -1.10. The Hall–Kier alpha value is -1.29. The van der Waals surface area contributed by atoms with E-state index < -0.39 is 12.1 Å². The van der Waals surface area contributed by atoms with Gasteiger partial charge in [-0.05, 0) is 18.6 Å². The molecule has 102 valence electrons. The number of hydrogen-bond donors (Lipinski definition) is 2. The van der Waals surface area contributed by atoms with Crippen LogP contribution in [0.4, 0.5) is 0 Å². The van der Waals surface area contributed by atoms with Gasteiger partial charge in [-0.15, -0.1) is 0 Å². The molecule has 1 atom stereocenters. The van der Waals surface area contributed by atoms with Gasteiger partial charge >= 0.3 is 5.97 Å². The highest BCUT2D eigenvalue weighted by Gasteiger charge is 2.15. The largest absolute Gasteiger partial charge is 0.475 e. The monoisotopic (exact) mass is 254 g/mol. The molecule has 1 aromatic heterocycles. The highest BCUT2D eigenvalue weighted by atomic mass is 16.4. The highest BCUT2D eigenvalue weighted by molar-refractivity contribution is 5.84. The number of hydrogen-bond acceptors (Lipinski definition) is 3. The first-order chi connectivity index (χ1) is 8.65. The summed E-state index contributed by atoms with van der Waals surface area (Å²) in [7, 11) is 0. The lowest BCUT2D eigenvalue weighted by Crippen LogP contribution is -1.96. The molecule has 4 nitrogen and oxygen atoms in total. The molecule has 0 fully saturated rings. The molecular weight excluding hydrogens is 232 g/mol. The number of rotatable bonds is 9. The maximum absolute atomic E-state index is 10.6. The lowest BCUT2D eigenvalue weighted by molar-refractivity contribution is 0.0649. The molecule has 0 amide bonds. The number of aromatic carboxylic acids is 1. The Morgan fingerprint density at radius 3 is 2.50 bits per heavy atom. The number of unbranched alkanes of at least 4 members (excludes halogenated alkanes) is 5. The molecule has 0 spiro atoms. The third-order valence-electron chi connectivity index (χ3n) is 3.00. The van der Waals surface area contributed by atoms with E-state index >= 15 is 0 Å². The van der Waals surface area contributed by atoms with Gasteiger partial charge in [0, 0.05) is 0 Å². The Morgan fingerprint density at radius 2 is 1.89 bits per heavy atom. The number of carboxylic acids is 1. The van der Waals surface area contributed by atoms with Crippen LogP contribution in [0.2, 0.25) is 0 Å². The predicted molar refractivity (Wildman–Crippen MR) is 68.6 cm³/mol. The predicted octanol–water partition coefficient (Wildman–Crippen LogP) is 3.76. The van der Waals surface area contributed by atoms with Gasteiger partial charge in [0.05, 0.1) is 0 Å². The van der Waals surface area contributed by atoms with E-state index in [1.54, 1.807) is 0 Å². The van der Waals surface area contributed by atoms with E-state index in [-0.39, 0.29) is 5.76 Å². The zero-order chi connectivity index (χ0) is 13.4. The maximum atomic E-state index is 10.6. The summed E-state index contributed by atoms with van der Waals surface area (Å²) in [6.45, 7) is 2.18. The van der Waals surface area contributed by atoms with Crippen molar-refractivity contribution in [3.63, 3.8) is 0 Å². The van der Waals surface area contributed by atoms with Crippen LogP contribution in [0.1, 0.15) is 74.3 Å². The minimum absolute atomic E-state index is 0.119. The fraction of sp³-hybridized carbons (Fsp3) is 0.643. The fourth-order valence-electron chi connectivity index (χ4n) is 1.91. The van der Waals surface area contributed by atoms with E-state index in [1.165, 1.54) is 37.8 Å². The number of carboxylic acid groups (broad SMARTS) is 1. The van der Waals surface area contributed by atoms with Gasteiger partial charge in [-0.25, -0.2) is 4.79 Å². The number of carbonyl (C=O) groups is 1. The van der Waals surface area contributed by atoms with Crippen molar-refractivity contribution in [1.82, 2.24) is 0 Å². The van der Waals surface area contributed by atoms with Crippen molar-refractivity contribution in [3.8, 4) is 0 Å². The van der Waals surface area contributed by atoms with Crippen LogP contribution >= 0.6 is 0 Å². The zero-order valence-corrected chi connectivity index (χ0v) is 10.9. The normalized spacial score (nSPS) is 12.6. The molecule has 1 unspecified atom stereocenters. The van der Waals surface area contributed by atoms with Crippen molar-refractivity contribution in [2.24, 2.45) is 0 Å². The minimum Gasteiger partial charge on any atom is -0.475 e. The molecule has 0 aliphatic heterocycles. The van der Waals surface area contributed by atoms with Gasteiger partial charge in [-0.1, -0.05) is 45.4 Å². The third kappa shape index (κ3) is 4.92. The second-order valence-corrected chi connectivity index (χ2v) is 4.58. The molecule has 0 aromatic carbocycles. The Bertz CT molecular complexity index is 356. The van der Waals surface area contributed by atoms with Gasteiger partial charge in [0.15, 0.2) is 0 Å². The molecule has 0 aliphatic carbocycles. The van der Waals surface area contributed by atoms with Crippen LogP contribution in [0, 0.1) is 0 Å². The first kappa shape index (κ1) is 14.8. The van der Waals surface area contributed by atoms with Gasteiger partial charge in [0.2, 0.25) is 5.76 Å². The molecule has 2 N–H and O–H groups in total. The van der Waals surface area contributed by atoms with Gasteiger partial charge in [-0.3, -0.25) is 0 Å². The number of aliphatic hydroxyl groups excluding tert-OH is 1. The lowest BCUT2D eigenvalue weighted by atomic mass is 10.1. The van der Waals surface area contributed by atoms with Crippen molar-refractivity contribution in [2.75, 3.05) is 0 Å². The number of furan rings is 1. The quantitative estimate of drug-likeness (QED) is 0.658. The summed E-state index contributed by atoms with van der Waals surface area (Å²) in [5, 5.41) is 18.5. The average molecular weight is 254 g/mol. The van der Waals surface area contributed by atoms with Crippen LogP contribution < -0.4 is 0 Å². The smallest absolute Gasteiger partial charge is 0.371 e. The van der Waals surface area contributed by atoms with Crippen molar-refractivity contribution in [1.29, 1.82) is 0 Å². The Kier molecular flexibility index (Phi) is 6.50. The second-order valence-electron chi connectivity index (χ2n) is 4.58. The highest BCUT2D eigenvalue weighted by Crippen LogP contribution is 2.22. The third-order valence-corrected chi connectivity index (χ3v) is 3.00. The Labute approximate surface area is 108 Å². The molecule has 1 rings (SSSR count). The topological polar surface area (TPSA) is 70.7 Å². The lowest BCUT2D eigenvalue weighted by Gasteiger charge is -2.07. The summed E-state index contributed by atoms with van der Waals surface area (Å²) < 4.78 is 5.05. The van der Waals surface area contributed by atoms with Gasteiger partial charge in [0.25, 0.3) is 0 Å². The molecule has 4 heteroatoms. The first-order valence-corrected chi connectivity index (χ1v) is 6.66. The van der Waals surface area contributed by atoms with E-state index in [4.69, 9.17) is 9.52 Å². The van der Waals surface area contributed by atoms with Crippen LogP contribution in [-0.2, 0) is 0 Å². The first-order valence-electron chi connectivity index (χ1n) is 6.66. The van der Waals surface area contributed by atoms with Crippen LogP contribution in [-0.4, -0.2) is 16.2 Å². The summed E-state index contributed by atoms with van der Waals surface area (Å²) in [6, 6.07) is 2.91. The average Bonchev–Trinajstić information content (AvgIpc) is 2.83. The van der Waals surface area contributed by atoms with Gasteiger partial charge in [0.1, 0.15) is 11.9 Å². The van der Waals surface area contributed by atoms with Gasteiger partial charge in [-0.2, -0.15) is 0 Å². The van der Waals surface area contributed by atoms with E-state index in [1.807, 2.05) is 0 Å². The molecule has 0 saturated carbocycles. The fourth-order valence-corrected chi connectivity index (χ4v) is 1.91. The van der Waals surface area contributed by atoms with Crippen LogP contribution in [0.5, 0.6) is 0 Å². The molecule has 0 radical (unpaired) electrons. The summed E-state index contributed by atoms with van der Waals surface area (Å²) in [5.41, 5.74) is 0. The van der Waals surface area contributed by atoms with E-state index in [2.05, 4.69) is 6.92 Å². The standard InChI is InChI=1S/C14H22O4/c1-2-3-4-5-6-7-8-11(15)12-9-10-13(18-12)14(16)17/h9-11,15H,2-8H2,1H3,(H,16,17). The van der Waals surface area contributed by atoms with E-state index in [0.29, 0.717) is 12.2 Å². The van der Waals surface area contributed by atoms with Crippen molar-refractivity contribution in [3.05, 3.63) is 23.7 Å². The van der Waals surface area contributed by atoms with E-state index in [9.17, 15) is 9.90 Å². The van der Waals surface area contributed by atoms with Crippen LogP contribution in [0.3, 0.4) is 0 Å². The van der Waals surface area contributed by atoms with Gasteiger partial charge < -0.3 is 14.6 Å². The zero-order valence-electron chi connectivity index (χ0n) is 10.9. The molecule has 18 heavy (non-hydrogen) atoms. The summed E-state index contributed by atoms with van der Waals surface area (Å²) in [6.07, 6.45) is 6.91. The molecule has 1 heterocycles. The molecule has 0 bridgehead atoms. The van der Waals surface area contributed by atoms with Crippen LogP contribution in [0.15, 0.2) is 16.5 Å². The second kappa shape index (κ2) is 7.93. The SMILES string of the molecule is CCCCCCCCC(O)c1ccc(C(=O)O)o1. The maximum Gasteiger partial charge on any atom is 0.371 e. The number of aliphatic hydroxyl groups is 1.